The molecule has 1 atom stereocenters. The van der Waals surface area contributed by atoms with Crippen LogP contribution in [-0.2, 0) is 13.0 Å². The summed E-state index contributed by atoms with van der Waals surface area (Å²) in [4.78, 5) is 20.1. The Balaban J connectivity index is 1.51. The maximum atomic E-state index is 12.2. The Kier molecular flexibility index (Phi) is 3.74. The summed E-state index contributed by atoms with van der Waals surface area (Å²) in [5.41, 5.74) is 2.26. The number of hydrogen-bond acceptors (Lipinski definition) is 5. The van der Waals surface area contributed by atoms with Crippen LogP contribution in [-0.4, -0.2) is 30.6 Å². The van der Waals surface area contributed by atoms with E-state index in [4.69, 9.17) is 0 Å². The van der Waals surface area contributed by atoms with Gasteiger partial charge in [0.25, 0.3) is 5.91 Å². The van der Waals surface area contributed by atoms with Crippen LogP contribution in [0.15, 0.2) is 49.2 Å². The molecule has 1 amide bonds. The maximum absolute atomic E-state index is 12.2. The lowest BCUT2D eigenvalue weighted by atomic mass is 9.91. The van der Waals surface area contributed by atoms with Crippen LogP contribution < -0.4 is 5.32 Å². The molecule has 7 heteroatoms. The fourth-order valence-corrected chi connectivity index (χ4v) is 3.01. The number of nitrogens with one attached hydrogen (secondary N) is 1. The average molecular weight is 320 g/mol. The maximum Gasteiger partial charge on any atom is 0.275 e. The number of amides is 1. The first kappa shape index (κ1) is 14.5. The third-order valence-electron chi connectivity index (χ3n) is 4.24. The van der Waals surface area contributed by atoms with E-state index in [1.807, 2.05) is 18.2 Å². The predicted molar refractivity (Wildman–Crippen MR) is 87.5 cm³/mol. The van der Waals surface area contributed by atoms with Crippen molar-refractivity contribution in [1.82, 2.24) is 24.7 Å². The highest BCUT2D eigenvalue weighted by Crippen LogP contribution is 2.29. The quantitative estimate of drug-likeness (QED) is 0.798. The smallest absolute Gasteiger partial charge is 0.275 e. The van der Waals surface area contributed by atoms with E-state index in [0.717, 1.165) is 30.9 Å². The molecule has 4 rings (SSSR count). The van der Waals surface area contributed by atoms with Crippen LogP contribution in [0.3, 0.4) is 0 Å². The van der Waals surface area contributed by atoms with Gasteiger partial charge in [-0.25, -0.2) is 4.98 Å². The van der Waals surface area contributed by atoms with E-state index < -0.39 is 0 Å². The van der Waals surface area contributed by atoms with Gasteiger partial charge in [0.15, 0.2) is 0 Å². The number of rotatable bonds is 3. The summed E-state index contributed by atoms with van der Waals surface area (Å²) in [6, 6.07) is 7.96. The predicted octanol–water partition coefficient (Wildman–Crippen LogP) is 2.05. The van der Waals surface area contributed by atoms with Gasteiger partial charge in [0.1, 0.15) is 17.8 Å². The third-order valence-corrected chi connectivity index (χ3v) is 4.24. The van der Waals surface area contributed by atoms with Gasteiger partial charge in [-0.05, 0) is 24.1 Å². The summed E-state index contributed by atoms with van der Waals surface area (Å²) in [6.45, 7) is 0.865. The molecule has 3 heterocycles. The molecule has 0 unspecified atom stereocenters. The van der Waals surface area contributed by atoms with Gasteiger partial charge in [-0.2, -0.15) is 0 Å². The number of fused-ring (bicyclic) bond motifs is 1. The average Bonchev–Trinajstić information content (AvgIpc) is 3.10. The Bertz CT molecular complexity index is 860. The van der Waals surface area contributed by atoms with Gasteiger partial charge in [-0.1, -0.05) is 12.1 Å². The largest absolute Gasteiger partial charge is 0.321 e. The van der Waals surface area contributed by atoms with Crippen molar-refractivity contribution in [2.24, 2.45) is 0 Å². The molecule has 0 saturated carbocycles. The van der Waals surface area contributed by atoms with Crippen LogP contribution in [0.5, 0.6) is 0 Å². The van der Waals surface area contributed by atoms with Crippen LogP contribution in [0.4, 0.5) is 5.69 Å². The fourth-order valence-electron chi connectivity index (χ4n) is 3.01. The number of carbonyl (C=O) groups is 1. The topological polar surface area (TPSA) is 85.6 Å². The van der Waals surface area contributed by atoms with E-state index in [9.17, 15) is 4.79 Å². The zero-order valence-corrected chi connectivity index (χ0v) is 13.0. The summed E-state index contributed by atoms with van der Waals surface area (Å²) in [7, 11) is 0. The van der Waals surface area contributed by atoms with Crippen molar-refractivity contribution in [2.45, 2.75) is 25.3 Å². The van der Waals surface area contributed by atoms with Crippen LogP contribution in [0.2, 0.25) is 0 Å². The molecule has 7 nitrogen and oxygen atoms in total. The van der Waals surface area contributed by atoms with Gasteiger partial charge in [0.05, 0.1) is 6.20 Å². The minimum Gasteiger partial charge on any atom is -0.321 e. The molecular formula is C17H16N6O. The number of aromatic nitrogens is 5. The van der Waals surface area contributed by atoms with Gasteiger partial charge >= 0.3 is 0 Å². The summed E-state index contributed by atoms with van der Waals surface area (Å²) in [5, 5.41) is 11.0. The molecule has 0 bridgehead atoms. The van der Waals surface area contributed by atoms with Crippen LogP contribution in [0.25, 0.3) is 0 Å². The number of anilines is 1. The molecule has 24 heavy (non-hydrogen) atoms. The molecule has 0 spiro atoms. The molecule has 1 aliphatic rings. The van der Waals surface area contributed by atoms with Crippen molar-refractivity contribution >= 4 is 11.6 Å². The Morgan fingerprint density at radius 2 is 2.25 bits per heavy atom. The minimum absolute atomic E-state index is 0.259. The molecule has 3 aromatic rings. The summed E-state index contributed by atoms with van der Waals surface area (Å²) in [6.07, 6.45) is 8.22. The zero-order valence-electron chi connectivity index (χ0n) is 13.0. The molecule has 120 valence electrons. The van der Waals surface area contributed by atoms with E-state index in [1.165, 1.54) is 18.0 Å². The second kappa shape index (κ2) is 6.19. The van der Waals surface area contributed by atoms with Gasteiger partial charge in [0, 0.05) is 37.0 Å². The SMILES string of the molecule is O=C(Nc1cccc([C@H]2CCc3nncn3C2)c1)c1cnccn1. The molecule has 0 aliphatic carbocycles. The molecule has 1 aromatic carbocycles. The van der Waals surface area contributed by atoms with Crippen molar-refractivity contribution < 1.29 is 4.79 Å². The fraction of sp³-hybridized carbons (Fsp3) is 0.235. The van der Waals surface area contributed by atoms with Gasteiger partial charge < -0.3 is 9.88 Å². The third kappa shape index (κ3) is 2.88. The first-order valence-electron chi connectivity index (χ1n) is 7.83. The van der Waals surface area contributed by atoms with Crippen molar-refractivity contribution in [1.29, 1.82) is 0 Å². The lowest BCUT2D eigenvalue weighted by Gasteiger charge is -2.23. The summed E-state index contributed by atoms with van der Waals surface area (Å²) in [5.74, 6) is 1.17. The van der Waals surface area contributed by atoms with Crippen molar-refractivity contribution in [3.8, 4) is 0 Å². The molecular weight excluding hydrogens is 304 g/mol. The molecule has 1 N–H and O–H groups in total. The van der Waals surface area contributed by atoms with Crippen LogP contribution >= 0.6 is 0 Å². The second-order valence-electron chi connectivity index (χ2n) is 5.81. The molecule has 0 radical (unpaired) electrons. The van der Waals surface area contributed by atoms with E-state index in [0.29, 0.717) is 11.6 Å². The zero-order chi connectivity index (χ0) is 16.4. The van der Waals surface area contributed by atoms with E-state index >= 15 is 0 Å². The first-order chi connectivity index (χ1) is 11.8. The van der Waals surface area contributed by atoms with Gasteiger partial charge in [0.2, 0.25) is 0 Å². The summed E-state index contributed by atoms with van der Waals surface area (Å²) >= 11 is 0. The second-order valence-corrected chi connectivity index (χ2v) is 5.81. The highest BCUT2D eigenvalue weighted by Gasteiger charge is 2.21. The van der Waals surface area contributed by atoms with Crippen LogP contribution in [0.1, 0.15) is 34.2 Å². The summed E-state index contributed by atoms with van der Waals surface area (Å²) < 4.78 is 2.10. The van der Waals surface area contributed by atoms with Gasteiger partial charge in [-0.15, -0.1) is 10.2 Å². The van der Waals surface area contributed by atoms with E-state index in [-0.39, 0.29) is 5.91 Å². The number of benzene rings is 1. The molecule has 0 fully saturated rings. The highest BCUT2D eigenvalue weighted by molar-refractivity contribution is 6.02. The van der Waals surface area contributed by atoms with E-state index in [1.54, 1.807) is 12.5 Å². The Morgan fingerprint density at radius 3 is 3.12 bits per heavy atom. The Morgan fingerprint density at radius 1 is 1.29 bits per heavy atom. The van der Waals surface area contributed by atoms with Gasteiger partial charge in [-0.3, -0.25) is 9.78 Å². The molecule has 2 aromatic heterocycles. The standard InChI is InChI=1S/C17H16N6O/c24-17(15-9-18-6-7-19-15)21-14-3-1-2-12(8-14)13-4-5-16-22-20-11-23(16)10-13/h1-3,6-9,11,13H,4-5,10H2,(H,21,24)/t13-/m0/s1. The lowest BCUT2D eigenvalue weighted by molar-refractivity contribution is 0.102. The van der Waals surface area contributed by atoms with Crippen LogP contribution in [0, 0.1) is 0 Å². The Hall–Kier alpha value is -3.09. The number of aryl methyl sites for hydroxylation is 1. The monoisotopic (exact) mass is 320 g/mol. The highest BCUT2D eigenvalue weighted by atomic mass is 16.1. The number of nitrogens with zero attached hydrogens (tertiary/aromatic N) is 5. The molecule has 1 aliphatic heterocycles. The van der Waals surface area contributed by atoms with Crippen molar-refractivity contribution in [2.75, 3.05) is 5.32 Å². The van der Waals surface area contributed by atoms with E-state index in [2.05, 4.69) is 36.1 Å². The normalized spacial score (nSPS) is 16.4. The van der Waals surface area contributed by atoms with Crippen molar-refractivity contribution in [3.63, 3.8) is 0 Å². The minimum atomic E-state index is -0.259. The lowest BCUT2D eigenvalue weighted by Crippen LogP contribution is -2.19. The first-order valence-corrected chi connectivity index (χ1v) is 7.83. The Labute approximate surface area is 138 Å². The van der Waals surface area contributed by atoms with Crippen molar-refractivity contribution in [3.05, 3.63) is 66.3 Å². The molecule has 0 saturated heterocycles. The number of hydrogen-bond donors (Lipinski definition) is 1. The number of carbonyl (C=O) groups excluding carboxylic acids is 1.